The average molecular weight is 624 g/mol. The monoisotopic (exact) mass is 623 g/mol. The van der Waals surface area contributed by atoms with Crippen molar-refractivity contribution in [3.05, 3.63) is 80.0 Å². The molecule has 0 radical (unpaired) electrons. The van der Waals surface area contributed by atoms with Gasteiger partial charge in [-0.15, -0.1) is 22.7 Å². The molecule has 0 saturated carbocycles. The molecule has 216 valence electrons. The molecule has 5 rings (SSSR count). The van der Waals surface area contributed by atoms with E-state index in [-0.39, 0.29) is 12.4 Å². The summed E-state index contributed by atoms with van der Waals surface area (Å²) in [6.45, 7) is 4.04. The van der Waals surface area contributed by atoms with Gasteiger partial charge in [0.1, 0.15) is 15.6 Å². The van der Waals surface area contributed by atoms with E-state index in [4.69, 9.17) is 21.1 Å². The van der Waals surface area contributed by atoms with Crippen LogP contribution in [0, 0.1) is 5.92 Å². The number of hydrogen-bond donors (Lipinski definition) is 2. The standard InChI is InChI=1S/C30H26ClN3O6S2/c1-3-39-29(37)23-19-12-11-16(2)13-22(19)42-28(23)33-26(35)27(36)34-32-15-17-7-6-8-18(14-17)40-30(38)25-24(31)20-9-4-5-10-21(20)41-25/h4-10,14-16H,3,11-13H2,1-2H3,(H,33,35)(H,34,36). The SMILES string of the molecule is CCOC(=O)c1c(NC(=O)C(=O)NN=Cc2cccc(OC(=O)c3sc4ccccc4c3Cl)c2)sc2c1CCC(C)C2. The number of nitrogens with zero attached hydrogens (tertiary/aromatic N) is 1. The number of ether oxygens (including phenoxy) is 2. The minimum absolute atomic E-state index is 0.196. The lowest BCUT2D eigenvalue weighted by molar-refractivity contribution is -0.136. The van der Waals surface area contributed by atoms with Gasteiger partial charge in [0.25, 0.3) is 0 Å². The Labute approximate surface area is 254 Å². The number of benzene rings is 2. The fourth-order valence-electron chi connectivity index (χ4n) is 4.59. The first-order valence-electron chi connectivity index (χ1n) is 13.2. The van der Waals surface area contributed by atoms with E-state index in [0.29, 0.717) is 38.4 Å². The number of carbonyl (C=O) groups excluding carboxylic acids is 4. The molecule has 2 aromatic carbocycles. The molecule has 42 heavy (non-hydrogen) atoms. The second-order valence-electron chi connectivity index (χ2n) is 9.63. The Morgan fingerprint density at radius 1 is 1.07 bits per heavy atom. The number of nitrogens with one attached hydrogen (secondary N) is 2. The van der Waals surface area contributed by atoms with Gasteiger partial charge in [-0.25, -0.2) is 15.0 Å². The third-order valence-corrected chi connectivity index (χ3v) is 9.42. The molecule has 0 spiro atoms. The highest BCUT2D eigenvalue weighted by atomic mass is 35.5. The molecule has 2 aromatic heterocycles. The lowest BCUT2D eigenvalue weighted by Crippen LogP contribution is -2.32. The molecule has 0 aliphatic heterocycles. The van der Waals surface area contributed by atoms with Crippen molar-refractivity contribution in [1.29, 1.82) is 0 Å². The summed E-state index contributed by atoms with van der Waals surface area (Å²) in [4.78, 5) is 51.9. The molecule has 1 aliphatic rings. The Bertz CT molecular complexity index is 1730. The van der Waals surface area contributed by atoms with Crippen molar-refractivity contribution in [2.45, 2.75) is 33.1 Å². The quantitative estimate of drug-likeness (QED) is 0.0828. The molecular formula is C30H26ClN3O6S2. The minimum Gasteiger partial charge on any atom is -0.462 e. The van der Waals surface area contributed by atoms with Crippen LogP contribution in [0.1, 0.15) is 56.3 Å². The fraction of sp³-hybridized carbons (Fsp3) is 0.233. The number of fused-ring (bicyclic) bond motifs is 2. The third kappa shape index (κ3) is 6.38. The summed E-state index contributed by atoms with van der Waals surface area (Å²) in [5.74, 6) is -2.37. The number of hydrogen-bond acceptors (Lipinski definition) is 9. The molecule has 2 heterocycles. The van der Waals surface area contributed by atoms with E-state index in [1.165, 1.54) is 28.9 Å². The van der Waals surface area contributed by atoms with Crippen molar-refractivity contribution in [2.75, 3.05) is 11.9 Å². The summed E-state index contributed by atoms with van der Waals surface area (Å²) in [7, 11) is 0. The zero-order chi connectivity index (χ0) is 29.8. The molecule has 1 atom stereocenters. The van der Waals surface area contributed by atoms with Crippen molar-refractivity contribution in [3.63, 3.8) is 0 Å². The Kier molecular flexibility index (Phi) is 9.00. The Morgan fingerprint density at radius 2 is 1.88 bits per heavy atom. The molecular weight excluding hydrogens is 598 g/mol. The van der Waals surface area contributed by atoms with Crippen molar-refractivity contribution < 1.29 is 28.7 Å². The first-order chi connectivity index (χ1) is 20.2. The van der Waals surface area contributed by atoms with Crippen molar-refractivity contribution in [1.82, 2.24) is 5.43 Å². The third-order valence-electron chi connectivity index (χ3n) is 6.59. The van der Waals surface area contributed by atoms with Crippen LogP contribution in [0.5, 0.6) is 5.75 Å². The second kappa shape index (κ2) is 12.8. The van der Waals surface area contributed by atoms with Crippen LogP contribution >= 0.6 is 34.3 Å². The fourth-order valence-corrected chi connectivity index (χ4v) is 7.37. The van der Waals surface area contributed by atoms with Crippen LogP contribution in [0.3, 0.4) is 0 Å². The highest BCUT2D eigenvalue weighted by molar-refractivity contribution is 7.21. The normalized spacial score (nSPS) is 14.4. The molecule has 0 saturated heterocycles. The number of carbonyl (C=O) groups is 4. The van der Waals surface area contributed by atoms with Gasteiger partial charge in [0.2, 0.25) is 0 Å². The summed E-state index contributed by atoms with van der Waals surface area (Å²) in [6, 6.07) is 13.9. The van der Waals surface area contributed by atoms with Gasteiger partial charge in [-0.05, 0) is 61.4 Å². The van der Waals surface area contributed by atoms with Crippen LogP contribution in [-0.4, -0.2) is 36.6 Å². The maximum atomic E-state index is 12.8. The lowest BCUT2D eigenvalue weighted by atomic mass is 9.88. The molecule has 2 amide bonds. The van der Waals surface area contributed by atoms with Crippen molar-refractivity contribution in [3.8, 4) is 5.75 Å². The van der Waals surface area contributed by atoms with Gasteiger partial charge in [-0.1, -0.05) is 48.9 Å². The van der Waals surface area contributed by atoms with Gasteiger partial charge in [-0.3, -0.25) is 9.59 Å². The number of thiophene rings is 2. The molecule has 0 bridgehead atoms. The van der Waals surface area contributed by atoms with Gasteiger partial charge in [0, 0.05) is 15.0 Å². The molecule has 0 fully saturated rings. The van der Waals surface area contributed by atoms with Crippen LogP contribution < -0.4 is 15.5 Å². The number of anilines is 1. The zero-order valence-electron chi connectivity index (χ0n) is 22.7. The van der Waals surface area contributed by atoms with E-state index < -0.39 is 23.8 Å². The number of hydrazone groups is 1. The summed E-state index contributed by atoms with van der Waals surface area (Å²) in [6.07, 6.45) is 3.74. The molecule has 12 heteroatoms. The number of halogens is 1. The first kappa shape index (κ1) is 29.4. The van der Waals surface area contributed by atoms with E-state index in [1.807, 2.05) is 24.3 Å². The van der Waals surface area contributed by atoms with Crippen LogP contribution in [0.2, 0.25) is 5.02 Å². The number of amides is 2. The van der Waals surface area contributed by atoms with E-state index in [2.05, 4.69) is 22.8 Å². The van der Waals surface area contributed by atoms with Gasteiger partial charge in [0.15, 0.2) is 0 Å². The van der Waals surface area contributed by atoms with E-state index in [9.17, 15) is 19.2 Å². The van der Waals surface area contributed by atoms with Crippen molar-refractivity contribution >= 4 is 79.3 Å². The average Bonchev–Trinajstić information content (AvgIpc) is 3.50. The second-order valence-corrected chi connectivity index (χ2v) is 12.2. The topological polar surface area (TPSA) is 123 Å². The lowest BCUT2D eigenvalue weighted by Gasteiger charge is -2.18. The van der Waals surface area contributed by atoms with E-state index >= 15 is 0 Å². The van der Waals surface area contributed by atoms with Gasteiger partial charge in [-0.2, -0.15) is 5.10 Å². The predicted octanol–water partition coefficient (Wildman–Crippen LogP) is 6.23. The van der Waals surface area contributed by atoms with E-state index in [0.717, 1.165) is 33.4 Å². The van der Waals surface area contributed by atoms with Crippen molar-refractivity contribution in [2.24, 2.45) is 11.0 Å². The van der Waals surface area contributed by atoms with E-state index in [1.54, 1.807) is 31.2 Å². The van der Waals surface area contributed by atoms with Gasteiger partial charge < -0.3 is 14.8 Å². The van der Waals surface area contributed by atoms with Crippen LogP contribution in [-0.2, 0) is 27.2 Å². The molecule has 1 aliphatic carbocycles. The smallest absolute Gasteiger partial charge is 0.355 e. The van der Waals surface area contributed by atoms with Crippen LogP contribution in [0.15, 0.2) is 53.6 Å². The Morgan fingerprint density at radius 3 is 2.67 bits per heavy atom. The number of esters is 2. The number of rotatable bonds is 7. The molecule has 9 nitrogen and oxygen atoms in total. The zero-order valence-corrected chi connectivity index (χ0v) is 25.1. The van der Waals surface area contributed by atoms with Crippen LogP contribution in [0.4, 0.5) is 5.00 Å². The predicted molar refractivity (Wildman–Crippen MR) is 164 cm³/mol. The maximum Gasteiger partial charge on any atom is 0.355 e. The first-order valence-corrected chi connectivity index (χ1v) is 15.2. The summed E-state index contributed by atoms with van der Waals surface area (Å²) in [5.41, 5.74) is 3.88. The summed E-state index contributed by atoms with van der Waals surface area (Å²) < 4.78 is 11.6. The minimum atomic E-state index is -1.01. The van der Waals surface area contributed by atoms with Gasteiger partial charge >= 0.3 is 23.8 Å². The van der Waals surface area contributed by atoms with Gasteiger partial charge in [0.05, 0.1) is 23.4 Å². The molecule has 2 N–H and O–H groups in total. The van der Waals surface area contributed by atoms with Crippen LogP contribution in [0.25, 0.3) is 10.1 Å². The highest BCUT2D eigenvalue weighted by Gasteiger charge is 2.30. The summed E-state index contributed by atoms with van der Waals surface area (Å²) in [5, 5.41) is 7.83. The largest absolute Gasteiger partial charge is 0.462 e. The highest BCUT2D eigenvalue weighted by Crippen LogP contribution is 2.40. The maximum absolute atomic E-state index is 12.8. The Balaban J connectivity index is 1.22. The molecule has 4 aromatic rings. The Hall–Kier alpha value is -4.06. The summed E-state index contributed by atoms with van der Waals surface area (Å²) >= 11 is 8.93. The molecule has 1 unspecified atom stereocenters.